The number of nitrogens with zero attached hydrogens (tertiary/aromatic N) is 4. The molecular weight excluding hydrogens is 218 g/mol. The molecule has 2 heterocycles. The van der Waals surface area contributed by atoms with E-state index in [4.69, 9.17) is 5.73 Å². The molecule has 0 unspecified atom stereocenters. The Balaban J connectivity index is 1.87. The Hall–Kier alpha value is -1.40. The average molecular weight is 237 g/mol. The maximum absolute atomic E-state index is 11.6. The number of nitrogen functional groups attached to an aromatic ring is 1. The Morgan fingerprint density at radius 1 is 1.29 bits per heavy atom. The second-order valence-corrected chi connectivity index (χ2v) is 4.50. The van der Waals surface area contributed by atoms with Crippen molar-refractivity contribution in [2.75, 3.05) is 45.5 Å². The molecule has 1 aliphatic heterocycles. The van der Waals surface area contributed by atoms with Crippen molar-refractivity contribution in [3.05, 3.63) is 22.6 Å². The summed E-state index contributed by atoms with van der Waals surface area (Å²) in [4.78, 5) is 16.2. The highest BCUT2D eigenvalue weighted by Crippen LogP contribution is 1.99. The minimum Gasteiger partial charge on any atom is -0.397 e. The summed E-state index contributed by atoms with van der Waals surface area (Å²) in [6.07, 6.45) is 1.52. The third-order valence-corrected chi connectivity index (χ3v) is 3.11. The van der Waals surface area contributed by atoms with Crippen molar-refractivity contribution in [1.29, 1.82) is 0 Å². The Morgan fingerprint density at radius 2 is 2.00 bits per heavy atom. The lowest BCUT2D eigenvalue weighted by molar-refractivity contribution is 0.148. The first kappa shape index (κ1) is 12.1. The molecule has 2 rings (SSSR count). The van der Waals surface area contributed by atoms with E-state index in [0.29, 0.717) is 12.2 Å². The predicted octanol–water partition coefficient (Wildman–Crippen LogP) is -0.927. The summed E-state index contributed by atoms with van der Waals surface area (Å²) in [7, 11) is 2.13. The van der Waals surface area contributed by atoms with Crippen molar-refractivity contribution in [3.63, 3.8) is 0 Å². The Morgan fingerprint density at radius 3 is 2.65 bits per heavy atom. The lowest BCUT2D eigenvalue weighted by Crippen LogP contribution is -2.46. The highest BCUT2D eigenvalue weighted by Gasteiger charge is 2.13. The van der Waals surface area contributed by atoms with Crippen LogP contribution in [0.1, 0.15) is 0 Å². The summed E-state index contributed by atoms with van der Waals surface area (Å²) in [5.41, 5.74) is 5.79. The van der Waals surface area contributed by atoms with E-state index in [1.54, 1.807) is 0 Å². The molecule has 0 bridgehead atoms. The smallest absolute Gasteiger partial charge is 0.268 e. The number of anilines is 1. The molecule has 0 aliphatic carbocycles. The quantitative estimate of drug-likeness (QED) is 0.736. The SMILES string of the molecule is CN1CCN(CCn2ncc(N)cc2=O)CC1. The van der Waals surface area contributed by atoms with Gasteiger partial charge in [-0.3, -0.25) is 9.69 Å². The van der Waals surface area contributed by atoms with Crippen LogP contribution in [-0.2, 0) is 6.54 Å². The van der Waals surface area contributed by atoms with Crippen LogP contribution in [0.25, 0.3) is 0 Å². The number of rotatable bonds is 3. The van der Waals surface area contributed by atoms with Crippen LogP contribution in [0.5, 0.6) is 0 Å². The van der Waals surface area contributed by atoms with Gasteiger partial charge in [0.2, 0.25) is 0 Å². The van der Waals surface area contributed by atoms with Crippen LogP contribution in [0.15, 0.2) is 17.1 Å². The average Bonchev–Trinajstić information content (AvgIpc) is 2.30. The first-order chi connectivity index (χ1) is 8.15. The van der Waals surface area contributed by atoms with Crippen molar-refractivity contribution < 1.29 is 0 Å². The van der Waals surface area contributed by atoms with Crippen molar-refractivity contribution in [1.82, 2.24) is 19.6 Å². The van der Waals surface area contributed by atoms with Crippen LogP contribution in [0.3, 0.4) is 0 Å². The van der Waals surface area contributed by atoms with Gasteiger partial charge in [-0.05, 0) is 7.05 Å². The molecule has 1 aliphatic rings. The number of likely N-dealkylation sites (N-methyl/N-ethyl adjacent to an activating group) is 1. The van der Waals surface area contributed by atoms with E-state index in [1.807, 2.05) is 0 Å². The van der Waals surface area contributed by atoms with Crippen molar-refractivity contribution >= 4 is 5.69 Å². The lowest BCUT2D eigenvalue weighted by Gasteiger charge is -2.32. The molecular formula is C11H19N5O. The second-order valence-electron chi connectivity index (χ2n) is 4.50. The third-order valence-electron chi connectivity index (χ3n) is 3.11. The zero-order valence-corrected chi connectivity index (χ0v) is 10.2. The molecule has 1 aromatic rings. The fourth-order valence-electron chi connectivity index (χ4n) is 1.92. The van der Waals surface area contributed by atoms with E-state index in [-0.39, 0.29) is 5.56 Å². The fourth-order valence-corrected chi connectivity index (χ4v) is 1.92. The monoisotopic (exact) mass is 237 g/mol. The van der Waals surface area contributed by atoms with Gasteiger partial charge >= 0.3 is 0 Å². The van der Waals surface area contributed by atoms with Crippen molar-refractivity contribution in [2.45, 2.75) is 6.54 Å². The molecule has 1 saturated heterocycles. The van der Waals surface area contributed by atoms with E-state index in [2.05, 4.69) is 21.9 Å². The minimum atomic E-state index is -0.126. The maximum Gasteiger partial charge on any atom is 0.268 e. The van der Waals surface area contributed by atoms with Crippen LogP contribution in [0.4, 0.5) is 5.69 Å². The molecule has 1 fully saturated rings. The molecule has 0 saturated carbocycles. The molecule has 0 radical (unpaired) electrons. The van der Waals surface area contributed by atoms with Crippen LogP contribution >= 0.6 is 0 Å². The van der Waals surface area contributed by atoms with Gasteiger partial charge in [-0.2, -0.15) is 5.10 Å². The standard InChI is InChI=1S/C11H19N5O/c1-14-2-4-15(5-3-14)6-7-16-11(17)8-10(12)9-13-16/h8-9H,2-7,12H2,1H3. The fraction of sp³-hybridized carbons (Fsp3) is 0.636. The van der Waals surface area contributed by atoms with Gasteiger partial charge in [0, 0.05) is 38.8 Å². The molecule has 0 amide bonds. The van der Waals surface area contributed by atoms with Gasteiger partial charge in [0.1, 0.15) is 0 Å². The van der Waals surface area contributed by atoms with Gasteiger partial charge in [0.25, 0.3) is 5.56 Å². The summed E-state index contributed by atoms with van der Waals surface area (Å²) < 4.78 is 1.47. The first-order valence-electron chi connectivity index (χ1n) is 5.89. The van der Waals surface area contributed by atoms with Crippen LogP contribution in [-0.4, -0.2) is 59.4 Å². The normalized spacial score (nSPS) is 18.4. The first-order valence-corrected chi connectivity index (χ1v) is 5.89. The summed E-state index contributed by atoms with van der Waals surface area (Å²) in [6, 6.07) is 1.41. The molecule has 1 aromatic heterocycles. The van der Waals surface area contributed by atoms with Gasteiger partial charge in [-0.25, -0.2) is 4.68 Å². The van der Waals surface area contributed by atoms with Crippen LogP contribution < -0.4 is 11.3 Å². The summed E-state index contributed by atoms with van der Waals surface area (Å²) in [5, 5.41) is 4.02. The molecule has 6 heteroatoms. The number of hydrogen-bond donors (Lipinski definition) is 1. The topological polar surface area (TPSA) is 67.4 Å². The lowest BCUT2D eigenvalue weighted by atomic mass is 10.3. The maximum atomic E-state index is 11.6. The van der Waals surface area contributed by atoms with E-state index >= 15 is 0 Å². The summed E-state index contributed by atoms with van der Waals surface area (Å²) in [5.74, 6) is 0. The molecule has 2 N–H and O–H groups in total. The van der Waals surface area contributed by atoms with Gasteiger partial charge in [-0.15, -0.1) is 0 Å². The van der Waals surface area contributed by atoms with E-state index in [1.165, 1.54) is 16.9 Å². The molecule has 17 heavy (non-hydrogen) atoms. The zero-order chi connectivity index (χ0) is 12.3. The molecule has 94 valence electrons. The van der Waals surface area contributed by atoms with Crippen molar-refractivity contribution in [2.24, 2.45) is 0 Å². The molecule has 0 atom stereocenters. The Kier molecular flexibility index (Phi) is 3.75. The highest BCUT2D eigenvalue weighted by atomic mass is 16.1. The third kappa shape index (κ3) is 3.28. The molecule has 6 nitrogen and oxygen atoms in total. The number of nitrogens with two attached hydrogens (primary N) is 1. The largest absolute Gasteiger partial charge is 0.397 e. The van der Waals surface area contributed by atoms with E-state index < -0.39 is 0 Å². The van der Waals surface area contributed by atoms with Gasteiger partial charge in [0.15, 0.2) is 0 Å². The zero-order valence-electron chi connectivity index (χ0n) is 10.2. The van der Waals surface area contributed by atoms with Crippen LogP contribution in [0.2, 0.25) is 0 Å². The van der Waals surface area contributed by atoms with Crippen LogP contribution in [0, 0.1) is 0 Å². The van der Waals surface area contributed by atoms with Crippen molar-refractivity contribution in [3.8, 4) is 0 Å². The molecule has 0 spiro atoms. The van der Waals surface area contributed by atoms with E-state index in [9.17, 15) is 4.79 Å². The Bertz CT molecular complexity index is 422. The number of hydrogen-bond acceptors (Lipinski definition) is 5. The van der Waals surface area contributed by atoms with E-state index in [0.717, 1.165) is 32.7 Å². The van der Waals surface area contributed by atoms with Gasteiger partial charge in [-0.1, -0.05) is 0 Å². The van der Waals surface area contributed by atoms with Gasteiger partial charge < -0.3 is 10.6 Å². The Labute approximate surface area is 101 Å². The highest BCUT2D eigenvalue weighted by molar-refractivity contribution is 5.31. The molecule has 0 aromatic carbocycles. The number of piperazine rings is 1. The summed E-state index contributed by atoms with van der Waals surface area (Å²) >= 11 is 0. The summed E-state index contributed by atoms with van der Waals surface area (Å²) in [6.45, 7) is 5.78. The van der Waals surface area contributed by atoms with Gasteiger partial charge in [0.05, 0.1) is 18.4 Å². The second kappa shape index (κ2) is 5.29. The number of aromatic nitrogens is 2. The predicted molar refractivity (Wildman–Crippen MR) is 66.8 cm³/mol. The minimum absolute atomic E-state index is 0.126.